The number of anilines is 1. The Morgan fingerprint density at radius 2 is 1.96 bits per heavy atom. The van der Waals surface area contributed by atoms with E-state index >= 15 is 0 Å². The maximum absolute atomic E-state index is 12.2. The summed E-state index contributed by atoms with van der Waals surface area (Å²) in [6, 6.07) is 12.3. The van der Waals surface area contributed by atoms with Crippen molar-refractivity contribution in [3.8, 4) is 5.69 Å². The van der Waals surface area contributed by atoms with Crippen molar-refractivity contribution in [1.29, 1.82) is 0 Å². The highest BCUT2D eigenvalue weighted by molar-refractivity contribution is 7.99. The number of amides is 1. The first-order chi connectivity index (χ1) is 12.4. The van der Waals surface area contributed by atoms with Gasteiger partial charge in [-0.05, 0) is 46.8 Å². The SMILES string of the molecule is Cc1ccc(-[n+]2[nH]oc(=O)c2SCC(=O)Nc2ccc(Cl)cc2Cl)cc1. The third-order valence-electron chi connectivity index (χ3n) is 3.44. The largest absolute Gasteiger partial charge is 0.442 e. The third kappa shape index (κ3) is 4.30. The number of H-pyrrole nitrogens is 1. The summed E-state index contributed by atoms with van der Waals surface area (Å²) in [5.41, 5.74) is 1.72. The second-order valence-electron chi connectivity index (χ2n) is 5.42. The zero-order valence-corrected chi connectivity index (χ0v) is 15.9. The number of aromatic nitrogens is 2. The van der Waals surface area contributed by atoms with Crippen LogP contribution in [0.25, 0.3) is 5.69 Å². The summed E-state index contributed by atoms with van der Waals surface area (Å²) in [5.74, 6) is -0.303. The van der Waals surface area contributed by atoms with E-state index in [0.29, 0.717) is 15.7 Å². The van der Waals surface area contributed by atoms with Crippen LogP contribution in [0.3, 0.4) is 0 Å². The second-order valence-corrected chi connectivity index (χ2v) is 7.23. The van der Waals surface area contributed by atoms with Gasteiger partial charge in [-0.25, -0.2) is 4.79 Å². The van der Waals surface area contributed by atoms with E-state index in [0.717, 1.165) is 23.0 Å². The zero-order valence-electron chi connectivity index (χ0n) is 13.6. The number of nitrogens with zero attached hydrogens (tertiary/aromatic N) is 1. The lowest BCUT2D eigenvalue weighted by molar-refractivity contribution is -0.704. The summed E-state index contributed by atoms with van der Waals surface area (Å²) in [6.07, 6.45) is 0. The molecule has 134 valence electrons. The molecule has 0 aliphatic carbocycles. The van der Waals surface area contributed by atoms with E-state index in [1.165, 1.54) is 10.7 Å². The van der Waals surface area contributed by atoms with Gasteiger partial charge < -0.3 is 5.32 Å². The quantitative estimate of drug-likeness (QED) is 0.497. The molecule has 0 aliphatic rings. The number of halogens is 2. The standard InChI is InChI=1S/C17H13Cl2N3O3S/c1-10-2-5-12(6-3-10)22-16(17(24)25-21-22)26-9-15(23)20-14-7-4-11(18)8-13(14)19/h2-8H,9H2,1H3,(H-,20,21,23,24)/p+1. The van der Waals surface area contributed by atoms with Crippen molar-refractivity contribution in [2.75, 3.05) is 11.1 Å². The van der Waals surface area contributed by atoms with Gasteiger partial charge in [-0.1, -0.05) is 40.9 Å². The topological polar surface area (TPSA) is 79.0 Å². The number of aromatic amines is 1. The molecule has 0 bridgehead atoms. The van der Waals surface area contributed by atoms with Crippen LogP contribution in [0, 0.1) is 6.92 Å². The van der Waals surface area contributed by atoms with E-state index < -0.39 is 5.63 Å². The average Bonchev–Trinajstić information content (AvgIpc) is 2.97. The molecule has 2 aromatic carbocycles. The number of benzene rings is 2. The Labute approximate surface area is 163 Å². The molecule has 3 rings (SSSR count). The van der Waals surface area contributed by atoms with Gasteiger partial charge in [0.25, 0.3) is 0 Å². The Balaban J connectivity index is 1.71. The summed E-state index contributed by atoms with van der Waals surface area (Å²) in [7, 11) is 0. The van der Waals surface area contributed by atoms with Crippen molar-refractivity contribution in [3.05, 3.63) is 68.5 Å². The normalized spacial score (nSPS) is 10.7. The Kier molecular flexibility index (Phi) is 5.70. The number of aryl methyl sites for hydroxylation is 1. The number of thioether (sulfide) groups is 1. The van der Waals surface area contributed by atoms with Gasteiger partial charge in [0.15, 0.2) is 0 Å². The predicted molar refractivity (Wildman–Crippen MR) is 101 cm³/mol. The van der Waals surface area contributed by atoms with Gasteiger partial charge in [-0.3, -0.25) is 9.32 Å². The molecule has 0 fully saturated rings. The first-order valence-corrected chi connectivity index (χ1v) is 9.26. The molecule has 9 heteroatoms. The number of carbonyl (C=O) groups is 1. The molecule has 0 radical (unpaired) electrons. The number of hydrogen-bond acceptors (Lipinski definition) is 4. The lowest BCUT2D eigenvalue weighted by atomic mass is 10.2. The van der Waals surface area contributed by atoms with Gasteiger partial charge >= 0.3 is 10.7 Å². The van der Waals surface area contributed by atoms with Gasteiger partial charge in [0.05, 0.1) is 16.5 Å². The summed E-state index contributed by atoms with van der Waals surface area (Å²) < 4.78 is 6.35. The summed E-state index contributed by atoms with van der Waals surface area (Å²) in [5, 5.41) is 6.31. The predicted octanol–water partition coefficient (Wildman–Crippen LogP) is 3.59. The molecule has 2 N–H and O–H groups in total. The lowest BCUT2D eigenvalue weighted by Gasteiger charge is -2.06. The highest BCUT2D eigenvalue weighted by Gasteiger charge is 2.25. The van der Waals surface area contributed by atoms with Crippen molar-refractivity contribution >= 4 is 46.6 Å². The highest BCUT2D eigenvalue weighted by atomic mass is 35.5. The molecular weight excluding hydrogens is 397 g/mol. The zero-order chi connectivity index (χ0) is 18.7. The molecule has 0 saturated carbocycles. The van der Waals surface area contributed by atoms with E-state index in [1.54, 1.807) is 12.1 Å². The van der Waals surface area contributed by atoms with Crippen LogP contribution >= 0.6 is 35.0 Å². The van der Waals surface area contributed by atoms with Crippen LogP contribution in [0.4, 0.5) is 5.69 Å². The lowest BCUT2D eigenvalue weighted by Crippen LogP contribution is -2.36. The van der Waals surface area contributed by atoms with E-state index in [4.69, 9.17) is 27.7 Å². The van der Waals surface area contributed by atoms with Gasteiger partial charge in [0.2, 0.25) is 11.6 Å². The van der Waals surface area contributed by atoms with E-state index in [-0.39, 0.29) is 16.7 Å². The maximum atomic E-state index is 12.2. The number of rotatable bonds is 5. The van der Waals surface area contributed by atoms with E-state index in [2.05, 4.69) is 10.6 Å². The molecule has 0 atom stereocenters. The van der Waals surface area contributed by atoms with Crippen LogP contribution in [0.15, 0.2) is 56.8 Å². The van der Waals surface area contributed by atoms with Crippen LogP contribution in [0.1, 0.15) is 5.56 Å². The first-order valence-electron chi connectivity index (χ1n) is 7.52. The van der Waals surface area contributed by atoms with E-state index in [1.807, 2.05) is 31.2 Å². The maximum Gasteiger partial charge on any atom is 0.442 e. The fourth-order valence-corrected chi connectivity index (χ4v) is 3.39. The highest BCUT2D eigenvalue weighted by Crippen LogP contribution is 2.25. The number of hydrogen-bond donors (Lipinski definition) is 2. The van der Waals surface area contributed by atoms with Crippen molar-refractivity contribution < 1.29 is 14.0 Å². The van der Waals surface area contributed by atoms with E-state index in [9.17, 15) is 9.59 Å². The van der Waals surface area contributed by atoms with Gasteiger partial charge in [0.1, 0.15) is 0 Å². The molecule has 1 amide bonds. The average molecular weight is 411 g/mol. The monoisotopic (exact) mass is 410 g/mol. The molecule has 1 aromatic heterocycles. The molecule has 0 saturated heterocycles. The van der Waals surface area contributed by atoms with Crippen molar-refractivity contribution in [3.63, 3.8) is 0 Å². The molecule has 0 unspecified atom stereocenters. The van der Waals surface area contributed by atoms with Crippen molar-refractivity contribution in [2.45, 2.75) is 11.9 Å². The smallest absolute Gasteiger partial charge is 0.324 e. The van der Waals surface area contributed by atoms with Crippen LogP contribution in [0.2, 0.25) is 10.0 Å². The fraction of sp³-hybridized carbons (Fsp3) is 0.118. The molecule has 6 nitrogen and oxygen atoms in total. The number of carbonyl (C=O) groups excluding carboxylic acids is 1. The van der Waals surface area contributed by atoms with Crippen LogP contribution in [0.5, 0.6) is 0 Å². The van der Waals surface area contributed by atoms with Gasteiger partial charge in [0, 0.05) is 17.2 Å². The fourth-order valence-electron chi connectivity index (χ4n) is 2.16. The Bertz CT molecular complexity index is 999. The third-order valence-corrected chi connectivity index (χ3v) is 5.02. The Morgan fingerprint density at radius 3 is 2.65 bits per heavy atom. The number of nitrogens with one attached hydrogen (secondary N) is 2. The summed E-state index contributed by atoms with van der Waals surface area (Å²) in [4.78, 5) is 24.1. The minimum Gasteiger partial charge on any atom is -0.324 e. The molecule has 26 heavy (non-hydrogen) atoms. The van der Waals surface area contributed by atoms with Crippen molar-refractivity contribution in [1.82, 2.24) is 5.27 Å². The Morgan fingerprint density at radius 1 is 1.23 bits per heavy atom. The Hall–Kier alpha value is -2.22. The molecule has 0 spiro atoms. The minimum atomic E-state index is -0.548. The minimum absolute atomic E-state index is 0.00737. The summed E-state index contributed by atoms with van der Waals surface area (Å²) in [6.45, 7) is 1.97. The van der Waals surface area contributed by atoms with Crippen molar-refractivity contribution in [2.24, 2.45) is 0 Å². The second kappa shape index (κ2) is 7.99. The van der Waals surface area contributed by atoms with Crippen LogP contribution in [-0.4, -0.2) is 16.9 Å². The summed E-state index contributed by atoms with van der Waals surface area (Å²) >= 11 is 12.9. The molecule has 0 aliphatic heterocycles. The van der Waals surface area contributed by atoms with Gasteiger partial charge in [-0.15, -0.1) is 0 Å². The molecular formula is C17H14Cl2N3O3S+. The van der Waals surface area contributed by atoms with Crippen LogP contribution in [-0.2, 0) is 4.79 Å². The molecule has 1 heterocycles. The first kappa shape index (κ1) is 18.6. The van der Waals surface area contributed by atoms with Gasteiger partial charge in [-0.2, -0.15) is 0 Å². The molecule has 3 aromatic rings. The van der Waals surface area contributed by atoms with Crippen LogP contribution < -0.4 is 15.6 Å².